The van der Waals surface area contributed by atoms with Crippen molar-refractivity contribution in [1.29, 1.82) is 0 Å². The highest BCUT2D eigenvalue weighted by atomic mass is 16.5. The van der Waals surface area contributed by atoms with E-state index < -0.39 is 0 Å². The quantitative estimate of drug-likeness (QED) is 0.718. The summed E-state index contributed by atoms with van der Waals surface area (Å²) >= 11 is 0. The summed E-state index contributed by atoms with van der Waals surface area (Å²) < 4.78 is 6.40. The van der Waals surface area contributed by atoms with Crippen LogP contribution in [0.2, 0.25) is 0 Å². The molecular weight excluding hydrogens is 158 g/mol. The van der Waals surface area contributed by atoms with Gasteiger partial charge in [-0.3, -0.25) is 9.36 Å². The molecule has 0 fully saturated rings. The van der Waals surface area contributed by atoms with E-state index in [0.29, 0.717) is 6.61 Å². The molecule has 1 rings (SSSR count). The van der Waals surface area contributed by atoms with E-state index in [-0.39, 0.29) is 18.0 Å². The van der Waals surface area contributed by atoms with E-state index in [1.165, 1.54) is 16.8 Å². The number of rotatable bonds is 3. The Morgan fingerprint density at radius 3 is 3.00 bits per heavy atom. The van der Waals surface area contributed by atoms with E-state index in [4.69, 9.17) is 9.84 Å². The number of ether oxygens (including phenoxy) is 1. The fourth-order valence-electron chi connectivity index (χ4n) is 0.794. The molecule has 0 aromatic carbocycles. The lowest BCUT2D eigenvalue weighted by Gasteiger charge is -2.04. The molecule has 1 heterocycles. The van der Waals surface area contributed by atoms with Crippen molar-refractivity contribution in [1.82, 2.24) is 4.57 Å². The van der Waals surface area contributed by atoms with Crippen LogP contribution in [0.15, 0.2) is 23.1 Å². The Morgan fingerprint density at radius 2 is 2.42 bits per heavy atom. The van der Waals surface area contributed by atoms with E-state index in [9.17, 15) is 4.79 Å². The largest absolute Gasteiger partial charge is 0.508 e. The molecule has 4 heteroatoms. The maximum Gasteiger partial charge on any atom is 0.256 e. The number of aromatic nitrogens is 1. The molecule has 0 bridgehead atoms. The van der Waals surface area contributed by atoms with Crippen LogP contribution in [0, 0.1) is 0 Å². The molecule has 0 amide bonds. The van der Waals surface area contributed by atoms with Gasteiger partial charge in [0.25, 0.3) is 5.56 Å². The van der Waals surface area contributed by atoms with Crippen molar-refractivity contribution < 1.29 is 9.84 Å². The van der Waals surface area contributed by atoms with Crippen LogP contribution in [0.5, 0.6) is 5.75 Å². The maximum atomic E-state index is 11.1. The van der Waals surface area contributed by atoms with Gasteiger partial charge in [-0.15, -0.1) is 0 Å². The predicted molar refractivity (Wildman–Crippen MR) is 44.0 cm³/mol. The van der Waals surface area contributed by atoms with E-state index in [1.807, 2.05) is 6.92 Å². The Hall–Kier alpha value is -1.29. The molecule has 66 valence electrons. The molecule has 0 atom stereocenters. The Bertz CT molecular complexity index is 305. The first-order chi connectivity index (χ1) is 5.74. The third kappa shape index (κ3) is 2.10. The Kier molecular flexibility index (Phi) is 2.88. The summed E-state index contributed by atoms with van der Waals surface area (Å²) in [4.78, 5) is 11.1. The van der Waals surface area contributed by atoms with Crippen LogP contribution in [0.4, 0.5) is 0 Å². The van der Waals surface area contributed by atoms with Gasteiger partial charge in [0.05, 0.1) is 0 Å². The minimum Gasteiger partial charge on any atom is -0.508 e. The zero-order valence-electron chi connectivity index (χ0n) is 6.86. The van der Waals surface area contributed by atoms with Crippen LogP contribution in [0.25, 0.3) is 0 Å². The number of aromatic hydroxyl groups is 1. The van der Waals surface area contributed by atoms with E-state index in [0.717, 1.165) is 6.07 Å². The third-order valence-corrected chi connectivity index (χ3v) is 1.41. The lowest BCUT2D eigenvalue weighted by Crippen LogP contribution is -2.19. The molecule has 0 aliphatic carbocycles. The monoisotopic (exact) mass is 169 g/mol. The van der Waals surface area contributed by atoms with Gasteiger partial charge in [0.15, 0.2) is 0 Å². The standard InChI is InChI=1S/C8H11NO3/c1-2-12-6-9-4-3-7(10)5-8(9)11/h3-5,10H,2,6H2,1H3. The van der Waals surface area contributed by atoms with Crippen molar-refractivity contribution in [2.45, 2.75) is 13.7 Å². The second-order valence-corrected chi connectivity index (χ2v) is 2.31. The van der Waals surface area contributed by atoms with Crippen molar-refractivity contribution >= 4 is 0 Å². The van der Waals surface area contributed by atoms with Crippen molar-refractivity contribution in [3.05, 3.63) is 28.7 Å². The predicted octanol–water partition coefficient (Wildman–Crippen LogP) is 0.548. The topological polar surface area (TPSA) is 51.5 Å². The van der Waals surface area contributed by atoms with Crippen molar-refractivity contribution in [3.8, 4) is 5.75 Å². The maximum absolute atomic E-state index is 11.1. The van der Waals surface area contributed by atoms with Gasteiger partial charge >= 0.3 is 0 Å². The van der Waals surface area contributed by atoms with Gasteiger partial charge < -0.3 is 9.84 Å². The Labute approximate surface area is 70.0 Å². The first-order valence-electron chi connectivity index (χ1n) is 3.71. The summed E-state index contributed by atoms with van der Waals surface area (Å²) in [6.45, 7) is 2.65. The van der Waals surface area contributed by atoms with Crippen LogP contribution in [-0.2, 0) is 11.5 Å². The molecule has 0 radical (unpaired) electrons. The minimum atomic E-state index is -0.261. The molecule has 4 nitrogen and oxygen atoms in total. The Balaban J connectivity index is 2.80. The lowest BCUT2D eigenvalue weighted by atomic mass is 10.4. The number of hydrogen-bond acceptors (Lipinski definition) is 3. The normalized spacial score (nSPS) is 10.1. The molecule has 0 spiro atoms. The van der Waals surface area contributed by atoms with Crippen molar-refractivity contribution in [2.75, 3.05) is 6.61 Å². The summed E-state index contributed by atoms with van der Waals surface area (Å²) in [6, 6.07) is 2.60. The third-order valence-electron chi connectivity index (χ3n) is 1.41. The molecule has 0 aliphatic heterocycles. The number of hydrogen-bond donors (Lipinski definition) is 1. The van der Waals surface area contributed by atoms with Crippen LogP contribution in [0.3, 0.4) is 0 Å². The van der Waals surface area contributed by atoms with Crippen LogP contribution < -0.4 is 5.56 Å². The average molecular weight is 169 g/mol. The van der Waals surface area contributed by atoms with Crippen LogP contribution >= 0.6 is 0 Å². The van der Waals surface area contributed by atoms with Gasteiger partial charge in [-0.05, 0) is 13.0 Å². The highest BCUT2D eigenvalue weighted by molar-refractivity contribution is 5.15. The molecule has 12 heavy (non-hydrogen) atoms. The van der Waals surface area contributed by atoms with Crippen LogP contribution in [0.1, 0.15) is 6.92 Å². The summed E-state index contributed by atoms with van der Waals surface area (Å²) in [5, 5.41) is 8.91. The molecule has 0 saturated carbocycles. The van der Waals surface area contributed by atoms with Crippen molar-refractivity contribution in [2.24, 2.45) is 0 Å². The second-order valence-electron chi connectivity index (χ2n) is 2.31. The zero-order chi connectivity index (χ0) is 8.97. The lowest BCUT2D eigenvalue weighted by molar-refractivity contribution is 0.0852. The summed E-state index contributed by atoms with van der Waals surface area (Å²) in [5.41, 5.74) is -0.261. The highest BCUT2D eigenvalue weighted by Crippen LogP contribution is 2.00. The fourth-order valence-corrected chi connectivity index (χ4v) is 0.794. The van der Waals surface area contributed by atoms with E-state index in [2.05, 4.69) is 0 Å². The fraction of sp³-hybridized carbons (Fsp3) is 0.375. The molecule has 0 saturated heterocycles. The first kappa shape index (κ1) is 8.80. The van der Waals surface area contributed by atoms with Gasteiger partial charge in [-0.2, -0.15) is 0 Å². The van der Waals surface area contributed by atoms with E-state index >= 15 is 0 Å². The summed E-state index contributed by atoms with van der Waals surface area (Å²) in [6.07, 6.45) is 1.49. The molecule has 1 aromatic heterocycles. The minimum absolute atomic E-state index is 0.0206. The number of pyridine rings is 1. The summed E-state index contributed by atoms with van der Waals surface area (Å²) in [7, 11) is 0. The molecule has 0 unspecified atom stereocenters. The second kappa shape index (κ2) is 3.92. The summed E-state index contributed by atoms with van der Waals surface area (Å²) in [5.74, 6) is -0.0206. The first-order valence-corrected chi connectivity index (χ1v) is 3.71. The van der Waals surface area contributed by atoms with Gasteiger partial charge in [-0.1, -0.05) is 0 Å². The van der Waals surface area contributed by atoms with Gasteiger partial charge in [-0.25, -0.2) is 0 Å². The van der Waals surface area contributed by atoms with Gasteiger partial charge in [0, 0.05) is 18.9 Å². The van der Waals surface area contributed by atoms with E-state index in [1.54, 1.807) is 0 Å². The Morgan fingerprint density at radius 1 is 1.67 bits per heavy atom. The van der Waals surface area contributed by atoms with Gasteiger partial charge in [0.1, 0.15) is 12.5 Å². The molecule has 1 N–H and O–H groups in total. The zero-order valence-corrected chi connectivity index (χ0v) is 6.86. The average Bonchev–Trinajstić information content (AvgIpc) is 2.03. The molecule has 1 aromatic rings. The number of nitrogens with zero attached hydrogens (tertiary/aromatic N) is 1. The molecular formula is C8H11NO3. The smallest absolute Gasteiger partial charge is 0.256 e. The van der Waals surface area contributed by atoms with Crippen LogP contribution in [-0.4, -0.2) is 16.3 Å². The van der Waals surface area contributed by atoms with Crippen molar-refractivity contribution in [3.63, 3.8) is 0 Å². The SMILES string of the molecule is CCOCn1ccc(O)cc1=O. The highest BCUT2D eigenvalue weighted by Gasteiger charge is 1.95. The molecule has 0 aliphatic rings. The van der Waals surface area contributed by atoms with Gasteiger partial charge in [0.2, 0.25) is 0 Å².